The van der Waals surface area contributed by atoms with Crippen molar-refractivity contribution in [2.24, 2.45) is 5.10 Å². The highest BCUT2D eigenvalue weighted by Gasteiger charge is 2.49. The Morgan fingerprint density at radius 3 is 2.64 bits per heavy atom. The lowest BCUT2D eigenvalue weighted by atomic mass is 9.99. The van der Waals surface area contributed by atoms with Crippen LogP contribution in [0.3, 0.4) is 0 Å². The quantitative estimate of drug-likeness (QED) is 0.659. The maximum Gasteiger partial charge on any atom is 0.244 e. The standard InChI is InChI=1S/C18H25N3O3S/c1-4-21-16-11-10-13(12-14(16)18(2,3)25(21,23)24)19-20-15-8-6-5-7-9-17(15)22/h10-12,19H,4-9H2,1-3H3/b20-15-. The number of anilines is 2. The van der Waals surface area contributed by atoms with Gasteiger partial charge in [-0.15, -0.1) is 0 Å². The van der Waals surface area contributed by atoms with Crippen LogP contribution in [0.2, 0.25) is 0 Å². The van der Waals surface area contributed by atoms with Crippen LogP contribution in [0, 0.1) is 0 Å². The summed E-state index contributed by atoms with van der Waals surface area (Å²) in [4.78, 5) is 12.0. The van der Waals surface area contributed by atoms with E-state index in [2.05, 4.69) is 10.5 Å². The summed E-state index contributed by atoms with van der Waals surface area (Å²) in [6, 6.07) is 5.44. The number of rotatable bonds is 3. The van der Waals surface area contributed by atoms with E-state index in [9.17, 15) is 13.2 Å². The maximum absolute atomic E-state index is 12.7. The van der Waals surface area contributed by atoms with Gasteiger partial charge in [0, 0.05) is 18.5 Å². The highest BCUT2D eigenvalue weighted by molar-refractivity contribution is 7.94. The van der Waals surface area contributed by atoms with Crippen LogP contribution in [-0.4, -0.2) is 26.5 Å². The van der Waals surface area contributed by atoms with E-state index in [-0.39, 0.29) is 5.78 Å². The number of fused-ring (bicyclic) bond motifs is 1. The van der Waals surface area contributed by atoms with Gasteiger partial charge in [-0.2, -0.15) is 5.10 Å². The molecule has 1 aromatic rings. The molecule has 0 amide bonds. The molecule has 0 atom stereocenters. The number of sulfonamides is 1. The maximum atomic E-state index is 12.7. The summed E-state index contributed by atoms with van der Waals surface area (Å²) in [5.41, 5.74) is 5.71. The first-order valence-corrected chi connectivity index (χ1v) is 10.3. The van der Waals surface area contributed by atoms with Gasteiger partial charge >= 0.3 is 0 Å². The van der Waals surface area contributed by atoms with E-state index in [0.29, 0.717) is 30.8 Å². The smallest absolute Gasteiger partial charge is 0.244 e. The zero-order valence-corrected chi connectivity index (χ0v) is 15.8. The molecule has 7 heteroatoms. The van der Waals surface area contributed by atoms with Crippen molar-refractivity contribution in [3.05, 3.63) is 23.8 Å². The molecule has 0 bridgehead atoms. The Labute approximate surface area is 149 Å². The fraction of sp³-hybridized carbons (Fsp3) is 0.556. The topological polar surface area (TPSA) is 78.8 Å². The van der Waals surface area contributed by atoms with Crippen LogP contribution >= 0.6 is 0 Å². The molecule has 0 radical (unpaired) electrons. The Balaban J connectivity index is 1.91. The van der Waals surface area contributed by atoms with Crippen LogP contribution in [0.4, 0.5) is 11.4 Å². The van der Waals surface area contributed by atoms with Crippen molar-refractivity contribution in [1.29, 1.82) is 0 Å². The molecule has 0 spiro atoms. The lowest BCUT2D eigenvalue weighted by Gasteiger charge is -2.21. The second-order valence-corrected chi connectivity index (χ2v) is 9.48. The van der Waals surface area contributed by atoms with Crippen LogP contribution in [-0.2, 0) is 19.6 Å². The summed E-state index contributed by atoms with van der Waals surface area (Å²) in [5, 5.41) is 4.30. The lowest BCUT2D eigenvalue weighted by molar-refractivity contribution is -0.113. The van der Waals surface area contributed by atoms with Crippen LogP contribution < -0.4 is 9.73 Å². The third-order valence-electron chi connectivity index (χ3n) is 5.10. The van der Waals surface area contributed by atoms with E-state index >= 15 is 0 Å². The molecule has 136 valence electrons. The molecule has 1 aliphatic heterocycles. The Morgan fingerprint density at radius 1 is 1.20 bits per heavy atom. The summed E-state index contributed by atoms with van der Waals surface area (Å²) < 4.78 is 25.9. The Morgan fingerprint density at radius 2 is 1.92 bits per heavy atom. The number of benzene rings is 1. The monoisotopic (exact) mass is 363 g/mol. The molecule has 25 heavy (non-hydrogen) atoms. The van der Waals surface area contributed by atoms with Crippen LogP contribution in [0.5, 0.6) is 0 Å². The number of carbonyl (C=O) groups is 1. The van der Waals surface area contributed by atoms with Gasteiger partial charge < -0.3 is 0 Å². The number of hydrogen-bond donors (Lipinski definition) is 1. The van der Waals surface area contributed by atoms with E-state index in [1.54, 1.807) is 13.8 Å². The van der Waals surface area contributed by atoms with Crippen LogP contribution in [0.1, 0.15) is 58.4 Å². The highest BCUT2D eigenvalue weighted by atomic mass is 32.2. The number of ketones is 1. The summed E-state index contributed by atoms with van der Waals surface area (Å²) >= 11 is 0. The number of nitrogens with one attached hydrogen (secondary N) is 1. The molecule has 1 heterocycles. The molecule has 3 rings (SSSR count). The predicted molar refractivity (Wildman–Crippen MR) is 101 cm³/mol. The molecular formula is C18H25N3O3S. The van der Waals surface area contributed by atoms with Gasteiger partial charge in [0.05, 0.1) is 11.4 Å². The minimum atomic E-state index is -3.42. The van der Waals surface area contributed by atoms with Gasteiger partial charge in [-0.05, 0) is 58.2 Å². The fourth-order valence-corrected chi connectivity index (χ4v) is 5.23. The van der Waals surface area contributed by atoms with E-state index < -0.39 is 14.8 Å². The summed E-state index contributed by atoms with van der Waals surface area (Å²) in [6.07, 6.45) is 4.22. The van der Waals surface area contributed by atoms with Crippen molar-refractivity contribution in [3.8, 4) is 0 Å². The van der Waals surface area contributed by atoms with Gasteiger partial charge in [0.2, 0.25) is 10.0 Å². The molecule has 1 N–H and O–H groups in total. The molecule has 0 aromatic heterocycles. The molecule has 6 nitrogen and oxygen atoms in total. The summed E-state index contributed by atoms with van der Waals surface area (Å²) in [7, 11) is -3.42. The SMILES string of the molecule is CCN1c2ccc(N/N=C3/CCCCCC3=O)cc2C(C)(C)S1(=O)=O. The van der Waals surface area contributed by atoms with E-state index in [1.165, 1.54) is 4.31 Å². The van der Waals surface area contributed by atoms with Gasteiger partial charge in [0.25, 0.3) is 0 Å². The molecule has 0 unspecified atom stereocenters. The van der Waals surface area contributed by atoms with Gasteiger partial charge in [0.1, 0.15) is 10.5 Å². The third-order valence-corrected chi connectivity index (χ3v) is 7.64. The molecule has 1 fully saturated rings. The molecule has 2 aliphatic rings. The zero-order chi connectivity index (χ0) is 18.2. The van der Waals surface area contributed by atoms with Crippen molar-refractivity contribution >= 4 is 32.9 Å². The molecule has 1 aliphatic carbocycles. The second-order valence-electron chi connectivity index (χ2n) is 7.07. The Hall–Kier alpha value is -1.89. The van der Waals surface area contributed by atoms with Gasteiger partial charge in [0.15, 0.2) is 5.78 Å². The first kappa shape index (κ1) is 17.9. The Kier molecular flexibility index (Phi) is 4.62. The summed E-state index contributed by atoms with van der Waals surface area (Å²) in [5.74, 6) is 0.103. The van der Waals surface area contributed by atoms with Crippen molar-refractivity contribution < 1.29 is 13.2 Å². The normalized spacial score (nSPS) is 23.4. The van der Waals surface area contributed by atoms with E-state index in [0.717, 1.165) is 30.5 Å². The number of hydrazone groups is 1. The number of carbonyl (C=O) groups excluding carboxylic acids is 1. The predicted octanol–water partition coefficient (Wildman–Crippen LogP) is 3.39. The average Bonchev–Trinajstić information content (AvgIpc) is 2.71. The third kappa shape index (κ3) is 2.94. The van der Waals surface area contributed by atoms with Crippen LogP contribution in [0.15, 0.2) is 23.3 Å². The number of nitrogens with zero attached hydrogens (tertiary/aromatic N) is 2. The van der Waals surface area contributed by atoms with Crippen LogP contribution in [0.25, 0.3) is 0 Å². The lowest BCUT2D eigenvalue weighted by Crippen LogP contribution is -2.35. The zero-order valence-electron chi connectivity index (χ0n) is 15.0. The van der Waals surface area contributed by atoms with Gasteiger partial charge in [-0.3, -0.25) is 14.5 Å². The minimum Gasteiger partial charge on any atom is -0.293 e. The van der Waals surface area contributed by atoms with Crippen molar-refractivity contribution in [2.75, 3.05) is 16.3 Å². The first-order valence-electron chi connectivity index (χ1n) is 8.81. The van der Waals surface area contributed by atoms with E-state index in [4.69, 9.17) is 0 Å². The minimum absolute atomic E-state index is 0.103. The molecular weight excluding hydrogens is 338 g/mol. The van der Waals surface area contributed by atoms with Gasteiger partial charge in [-0.25, -0.2) is 8.42 Å². The van der Waals surface area contributed by atoms with Crippen molar-refractivity contribution in [1.82, 2.24) is 0 Å². The van der Waals surface area contributed by atoms with Crippen molar-refractivity contribution in [3.63, 3.8) is 0 Å². The Bertz CT molecular complexity index is 828. The second kappa shape index (κ2) is 6.44. The number of Topliss-reactive ketones (excluding diaryl/α,β-unsaturated/α-hetero) is 1. The first-order chi connectivity index (χ1) is 11.8. The molecule has 0 saturated heterocycles. The largest absolute Gasteiger partial charge is 0.293 e. The average molecular weight is 363 g/mol. The highest BCUT2D eigenvalue weighted by Crippen LogP contribution is 2.47. The fourth-order valence-electron chi connectivity index (χ4n) is 3.48. The molecule has 1 aromatic carbocycles. The summed E-state index contributed by atoms with van der Waals surface area (Å²) in [6.45, 7) is 5.68. The van der Waals surface area contributed by atoms with Gasteiger partial charge in [-0.1, -0.05) is 6.42 Å². The van der Waals surface area contributed by atoms with Crippen molar-refractivity contribution in [2.45, 2.75) is 57.6 Å². The number of hydrogen-bond acceptors (Lipinski definition) is 5. The van der Waals surface area contributed by atoms with E-state index in [1.807, 2.05) is 25.1 Å². The molecule has 1 saturated carbocycles.